The highest BCUT2D eigenvalue weighted by molar-refractivity contribution is 7.88. The molecule has 0 amide bonds. The minimum Gasteiger partial charge on any atom is -0.392 e. The fourth-order valence-electron chi connectivity index (χ4n) is 2.10. The predicted molar refractivity (Wildman–Crippen MR) is 97.4 cm³/mol. The van der Waals surface area contributed by atoms with Gasteiger partial charge in [-0.3, -0.25) is 0 Å². The van der Waals surface area contributed by atoms with Crippen LogP contribution in [0.2, 0.25) is 10.0 Å². The number of sulfonamides is 1. The van der Waals surface area contributed by atoms with Gasteiger partial charge in [-0.25, -0.2) is 8.42 Å². The zero-order chi connectivity index (χ0) is 19.4. The van der Waals surface area contributed by atoms with Gasteiger partial charge < -0.3 is 5.73 Å². The van der Waals surface area contributed by atoms with Crippen molar-refractivity contribution in [3.05, 3.63) is 33.3 Å². The van der Waals surface area contributed by atoms with Crippen LogP contribution in [0.1, 0.15) is 30.9 Å². The zero-order valence-corrected chi connectivity index (χ0v) is 16.4. The summed E-state index contributed by atoms with van der Waals surface area (Å²) < 4.78 is 65.8. The molecular formula is C14H17Cl2F3N2O2S2. The average Bonchev–Trinajstić information content (AvgIpc) is 2.46. The lowest BCUT2D eigenvalue weighted by Crippen LogP contribution is -2.39. The summed E-state index contributed by atoms with van der Waals surface area (Å²) in [5.74, 6) is -0.951. The molecule has 142 valence electrons. The number of hydrogen-bond acceptors (Lipinski definition) is 3. The van der Waals surface area contributed by atoms with E-state index in [1.54, 1.807) is 0 Å². The van der Waals surface area contributed by atoms with E-state index in [1.165, 1.54) is 0 Å². The van der Waals surface area contributed by atoms with Crippen molar-refractivity contribution in [2.75, 3.05) is 13.1 Å². The fraction of sp³-hybridized carbons (Fsp3) is 0.500. The van der Waals surface area contributed by atoms with Crippen molar-refractivity contribution < 1.29 is 21.6 Å². The Hall–Kier alpha value is -0.610. The Kier molecular flexibility index (Phi) is 7.94. The van der Waals surface area contributed by atoms with E-state index in [9.17, 15) is 21.6 Å². The van der Waals surface area contributed by atoms with E-state index in [4.69, 9.17) is 41.2 Å². The first-order valence-corrected chi connectivity index (χ1v) is 9.97. The zero-order valence-electron chi connectivity index (χ0n) is 13.2. The van der Waals surface area contributed by atoms with Gasteiger partial charge in [-0.1, -0.05) is 48.8 Å². The van der Waals surface area contributed by atoms with Crippen molar-refractivity contribution >= 4 is 50.4 Å². The van der Waals surface area contributed by atoms with Crippen LogP contribution in [0.15, 0.2) is 12.1 Å². The van der Waals surface area contributed by atoms with E-state index < -0.39 is 38.1 Å². The summed E-state index contributed by atoms with van der Waals surface area (Å²) in [6.07, 6.45) is -3.57. The molecule has 2 N–H and O–H groups in total. The standard InChI is InChI=1S/C14H17Cl2F3N2O2S2/c1-2-3-6-21(7-12(20)24)25(22,23)8-9-10(14(17,18)19)4-5-11(15)13(9)16/h4-5H,2-3,6-8H2,1H3,(H2,20,24). The summed E-state index contributed by atoms with van der Waals surface area (Å²) in [7, 11) is -4.14. The van der Waals surface area contributed by atoms with Gasteiger partial charge in [-0.2, -0.15) is 17.5 Å². The molecule has 0 aliphatic rings. The average molecular weight is 437 g/mol. The number of thiocarbonyl (C=S) groups is 1. The molecule has 0 radical (unpaired) electrons. The van der Waals surface area contributed by atoms with Crippen LogP contribution in [0.5, 0.6) is 0 Å². The third kappa shape index (κ3) is 6.25. The van der Waals surface area contributed by atoms with Gasteiger partial charge >= 0.3 is 6.18 Å². The molecule has 0 spiro atoms. The molecule has 0 unspecified atom stereocenters. The van der Waals surface area contributed by atoms with Crippen LogP contribution in [0.4, 0.5) is 13.2 Å². The molecule has 0 aliphatic carbocycles. The van der Waals surface area contributed by atoms with E-state index in [-0.39, 0.29) is 23.1 Å². The number of nitrogens with zero attached hydrogens (tertiary/aromatic N) is 1. The monoisotopic (exact) mass is 436 g/mol. The first-order chi connectivity index (χ1) is 11.4. The number of halogens is 5. The molecule has 1 aromatic carbocycles. The lowest BCUT2D eigenvalue weighted by molar-refractivity contribution is -0.138. The summed E-state index contributed by atoms with van der Waals surface area (Å²) in [5, 5.41) is -0.597. The highest BCUT2D eigenvalue weighted by atomic mass is 35.5. The minimum atomic E-state index is -4.77. The Balaban J connectivity index is 3.33. The number of rotatable bonds is 8. The second-order valence-corrected chi connectivity index (χ2v) is 8.57. The van der Waals surface area contributed by atoms with Crippen LogP contribution in [0.25, 0.3) is 0 Å². The number of alkyl halides is 3. The summed E-state index contributed by atoms with van der Waals surface area (Å²) in [4.78, 5) is -0.0760. The van der Waals surface area contributed by atoms with Crippen molar-refractivity contribution in [3.63, 3.8) is 0 Å². The van der Waals surface area contributed by atoms with Crippen molar-refractivity contribution in [1.82, 2.24) is 4.31 Å². The Morgan fingerprint density at radius 2 is 1.92 bits per heavy atom. The third-order valence-corrected chi connectivity index (χ3v) is 6.04. The Bertz CT molecular complexity index is 740. The molecule has 0 fully saturated rings. The Labute approximate surface area is 160 Å². The van der Waals surface area contributed by atoms with E-state index in [2.05, 4.69) is 0 Å². The summed E-state index contributed by atoms with van der Waals surface area (Å²) in [6, 6.07) is 1.69. The molecular weight excluding hydrogens is 420 g/mol. The quantitative estimate of drug-likeness (QED) is 0.619. The second-order valence-electron chi connectivity index (χ2n) is 5.29. The van der Waals surface area contributed by atoms with Crippen molar-refractivity contribution in [2.24, 2.45) is 5.73 Å². The van der Waals surface area contributed by atoms with Crippen LogP contribution < -0.4 is 5.73 Å². The molecule has 4 nitrogen and oxygen atoms in total. The van der Waals surface area contributed by atoms with Gasteiger partial charge in [-0.15, -0.1) is 0 Å². The second kappa shape index (κ2) is 8.85. The number of benzene rings is 1. The maximum Gasteiger partial charge on any atom is 0.416 e. The smallest absolute Gasteiger partial charge is 0.392 e. The van der Waals surface area contributed by atoms with Gasteiger partial charge in [-0.05, 0) is 18.6 Å². The van der Waals surface area contributed by atoms with Gasteiger partial charge in [0, 0.05) is 12.1 Å². The van der Waals surface area contributed by atoms with Crippen molar-refractivity contribution in [1.29, 1.82) is 0 Å². The number of hydrogen-bond donors (Lipinski definition) is 1. The van der Waals surface area contributed by atoms with E-state index in [1.807, 2.05) is 6.92 Å². The predicted octanol–water partition coefficient (Wildman–Crippen LogP) is 4.23. The summed E-state index contributed by atoms with van der Waals surface area (Å²) >= 11 is 16.4. The Morgan fingerprint density at radius 3 is 2.40 bits per heavy atom. The molecule has 0 heterocycles. The summed E-state index contributed by atoms with van der Waals surface area (Å²) in [6.45, 7) is 1.69. The molecule has 0 bridgehead atoms. The number of nitrogens with two attached hydrogens (primary N) is 1. The first-order valence-electron chi connectivity index (χ1n) is 7.20. The number of unbranched alkanes of at least 4 members (excludes halogenated alkanes) is 1. The van der Waals surface area contributed by atoms with Crippen LogP contribution in [-0.2, 0) is 22.0 Å². The molecule has 0 aromatic heterocycles. The van der Waals surface area contributed by atoms with Crippen molar-refractivity contribution in [2.45, 2.75) is 31.7 Å². The molecule has 1 aromatic rings. The topological polar surface area (TPSA) is 63.4 Å². The largest absolute Gasteiger partial charge is 0.416 e. The maximum atomic E-state index is 13.2. The lowest BCUT2D eigenvalue weighted by atomic mass is 10.1. The van der Waals surface area contributed by atoms with Crippen LogP contribution in [0.3, 0.4) is 0 Å². The van der Waals surface area contributed by atoms with Gasteiger partial charge in [0.05, 0.1) is 32.9 Å². The summed E-state index contributed by atoms with van der Waals surface area (Å²) in [5.41, 5.74) is 3.67. The molecule has 0 atom stereocenters. The molecule has 0 saturated heterocycles. The van der Waals surface area contributed by atoms with Gasteiger partial charge in [0.1, 0.15) is 0 Å². The van der Waals surface area contributed by atoms with E-state index in [0.29, 0.717) is 18.9 Å². The molecule has 11 heteroatoms. The molecule has 25 heavy (non-hydrogen) atoms. The first kappa shape index (κ1) is 22.4. The van der Waals surface area contributed by atoms with Gasteiger partial charge in [0.15, 0.2) is 0 Å². The van der Waals surface area contributed by atoms with Crippen LogP contribution in [0, 0.1) is 0 Å². The maximum absolute atomic E-state index is 13.2. The van der Waals surface area contributed by atoms with Crippen LogP contribution >= 0.6 is 35.4 Å². The normalized spacial score (nSPS) is 12.6. The minimum absolute atomic E-state index is 0.0760. The molecule has 0 aliphatic heterocycles. The van der Waals surface area contributed by atoms with Gasteiger partial charge in [0.25, 0.3) is 0 Å². The highest BCUT2D eigenvalue weighted by Crippen LogP contribution is 2.39. The fourth-order valence-corrected chi connectivity index (χ4v) is 4.41. The SMILES string of the molecule is CCCCN(CC(N)=S)S(=O)(=O)Cc1c(C(F)(F)F)ccc(Cl)c1Cl. The Morgan fingerprint density at radius 1 is 1.32 bits per heavy atom. The van der Waals surface area contributed by atoms with E-state index in [0.717, 1.165) is 10.4 Å². The van der Waals surface area contributed by atoms with Crippen molar-refractivity contribution in [3.8, 4) is 0 Å². The lowest BCUT2D eigenvalue weighted by Gasteiger charge is -2.23. The highest BCUT2D eigenvalue weighted by Gasteiger charge is 2.37. The van der Waals surface area contributed by atoms with Crippen LogP contribution in [-0.4, -0.2) is 30.8 Å². The molecule has 0 saturated carbocycles. The third-order valence-electron chi connectivity index (χ3n) is 3.31. The van der Waals surface area contributed by atoms with Gasteiger partial charge in [0.2, 0.25) is 10.0 Å². The molecule has 1 rings (SSSR count). The van der Waals surface area contributed by atoms with E-state index >= 15 is 0 Å².